The Labute approximate surface area is 155 Å². The van der Waals surface area contributed by atoms with E-state index in [0.29, 0.717) is 6.61 Å². The lowest BCUT2D eigenvalue weighted by atomic mass is 10.2. The fourth-order valence-electron chi connectivity index (χ4n) is 1.91. The molecule has 0 spiro atoms. The van der Waals surface area contributed by atoms with E-state index in [0.717, 1.165) is 40.6 Å². The molecule has 6 nitrogen and oxygen atoms in total. The number of benzene rings is 1. The molecule has 0 radical (unpaired) electrons. The van der Waals surface area contributed by atoms with Crippen molar-refractivity contribution in [3.05, 3.63) is 28.2 Å². The molecule has 2 aromatic rings. The fraction of sp³-hybridized carbons (Fsp3) is 0.500. The highest BCUT2D eigenvalue weighted by atomic mass is 79.9. The molecule has 0 bridgehead atoms. The van der Waals surface area contributed by atoms with Crippen LogP contribution in [0, 0.1) is 0 Å². The molecule has 0 amide bonds. The zero-order chi connectivity index (χ0) is 15.8. The van der Waals surface area contributed by atoms with Crippen LogP contribution in [0.5, 0.6) is 5.75 Å². The second-order valence-corrected chi connectivity index (χ2v) is 6.63. The third-order valence-corrected chi connectivity index (χ3v) is 4.54. The number of halogens is 2. The van der Waals surface area contributed by atoms with Gasteiger partial charge in [0, 0.05) is 29.4 Å². The number of ether oxygens (including phenoxy) is 1. The molecule has 0 atom stereocenters. The van der Waals surface area contributed by atoms with E-state index in [-0.39, 0.29) is 12.4 Å². The van der Waals surface area contributed by atoms with Gasteiger partial charge in [0.2, 0.25) is 5.16 Å². The minimum absolute atomic E-state index is 0. The molecular weight excluding hydrogens is 402 g/mol. The molecule has 0 fully saturated rings. The van der Waals surface area contributed by atoms with Crippen molar-refractivity contribution in [1.82, 2.24) is 25.5 Å². The first-order valence-corrected chi connectivity index (χ1v) is 8.95. The highest BCUT2D eigenvalue weighted by Crippen LogP contribution is 2.23. The summed E-state index contributed by atoms with van der Waals surface area (Å²) in [5.41, 5.74) is 1.17. The van der Waals surface area contributed by atoms with Crippen molar-refractivity contribution in [3.63, 3.8) is 0 Å². The molecule has 0 aliphatic heterocycles. The van der Waals surface area contributed by atoms with Gasteiger partial charge in [0.1, 0.15) is 5.75 Å². The van der Waals surface area contributed by atoms with E-state index in [4.69, 9.17) is 4.74 Å². The molecule has 0 aliphatic carbocycles. The number of tetrazole rings is 1. The van der Waals surface area contributed by atoms with Crippen LogP contribution in [-0.4, -0.2) is 39.1 Å². The number of hydrogen-bond donors (Lipinski definition) is 1. The van der Waals surface area contributed by atoms with E-state index in [1.165, 1.54) is 5.56 Å². The number of nitrogens with one attached hydrogen (secondary N) is 1. The summed E-state index contributed by atoms with van der Waals surface area (Å²) < 4.78 is 8.40. The Morgan fingerprint density at radius 3 is 2.91 bits per heavy atom. The summed E-state index contributed by atoms with van der Waals surface area (Å²) in [6.07, 6.45) is 1.05. The monoisotopic (exact) mass is 421 g/mol. The first kappa shape index (κ1) is 20.2. The Bertz CT molecular complexity index is 598. The van der Waals surface area contributed by atoms with Crippen molar-refractivity contribution >= 4 is 40.1 Å². The molecule has 128 valence electrons. The van der Waals surface area contributed by atoms with Crippen molar-refractivity contribution in [2.75, 3.05) is 18.9 Å². The quantitative estimate of drug-likeness (QED) is 0.495. The molecule has 9 heteroatoms. The van der Waals surface area contributed by atoms with E-state index in [1.54, 1.807) is 16.4 Å². The first-order chi connectivity index (χ1) is 10.7. The number of nitrogens with zero attached hydrogens (tertiary/aromatic N) is 4. The van der Waals surface area contributed by atoms with Crippen LogP contribution >= 0.6 is 40.1 Å². The molecule has 0 saturated carbocycles. The third-order valence-electron chi connectivity index (χ3n) is 2.95. The third kappa shape index (κ3) is 6.66. The molecule has 0 aliphatic rings. The van der Waals surface area contributed by atoms with Crippen LogP contribution in [0.15, 0.2) is 27.8 Å². The average Bonchev–Trinajstić information content (AvgIpc) is 2.91. The lowest BCUT2D eigenvalue weighted by molar-refractivity contribution is 0.335. The molecule has 0 saturated heterocycles. The number of hydrogen-bond acceptors (Lipinski definition) is 6. The molecule has 23 heavy (non-hydrogen) atoms. The summed E-state index contributed by atoms with van der Waals surface area (Å²) in [4.78, 5) is 0. The normalized spacial score (nSPS) is 10.4. The maximum Gasteiger partial charge on any atom is 0.209 e. The van der Waals surface area contributed by atoms with Crippen molar-refractivity contribution in [1.29, 1.82) is 0 Å². The fourth-order valence-corrected chi connectivity index (χ4v) is 3.11. The second kappa shape index (κ2) is 10.9. The van der Waals surface area contributed by atoms with Gasteiger partial charge in [0.25, 0.3) is 0 Å². The van der Waals surface area contributed by atoms with E-state index < -0.39 is 0 Å². The van der Waals surface area contributed by atoms with Crippen molar-refractivity contribution in [3.8, 4) is 5.75 Å². The van der Waals surface area contributed by atoms with E-state index >= 15 is 0 Å². The summed E-state index contributed by atoms with van der Waals surface area (Å²) in [6.45, 7) is 4.41. The SMILES string of the molecule is CCOc1ccc(Br)cc1CNCCCSc1nnnn1C.Cl. The number of rotatable bonds is 9. The number of thioether (sulfide) groups is 1. The smallest absolute Gasteiger partial charge is 0.209 e. The van der Waals surface area contributed by atoms with Crippen LogP contribution in [0.25, 0.3) is 0 Å². The summed E-state index contributed by atoms with van der Waals surface area (Å²) in [5, 5.41) is 15.7. The van der Waals surface area contributed by atoms with Crippen LogP contribution in [-0.2, 0) is 13.6 Å². The standard InChI is InChI=1S/C14H20BrN5OS.ClH/c1-3-21-13-6-5-12(15)9-11(13)10-16-7-4-8-22-14-17-18-19-20(14)2;/h5-6,9,16H,3-4,7-8,10H2,1-2H3;1H. The van der Waals surface area contributed by atoms with Gasteiger partial charge in [0.15, 0.2) is 0 Å². The summed E-state index contributed by atoms with van der Waals surface area (Å²) >= 11 is 5.17. The Morgan fingerprint density at radius 2 is 2.22 bits per heavy atom. The van der Waals surface area contributed by atoms with Gasteiger partial charge in [-0.15, -0.1) is 17.5 Å². The zero-order valence-electron chi connectivity index (χ0n) is 13.2. The van der Waals surface area contributed by atoms with E-state index in [9.17, 15) is 0 Å². The second-order valence-electron chi connectivity index (χ2n) is 4.65. The predicted octanol–water partition coefficient (Wildman–Crippen LogP) is 3.07. The Morgan fingerprint density at radius 1 is 1.39 bits per heavy atom. The van der Waals surface area contributed by atoms with Crippen molar-refractivity contribution < 1.29 is 4.74 Å². The van der Waals surface area contributed by atoms with Crippen LogP contribution in [0.3, 0.4) is 0 Å². The molecule has 1 aromatic heterocycles. The summed E-state index contributed by atoms with van der Waals surface area (Å²) in [7, 11) is 1.85. The van der Waals surface area contributed by atoms with Gasteiger partial charge in [0.05, 0.1) is 6.61 Å². The Balaban J connectivity index is 0.00000264. The highest BCUT2D eigenvalue weighted by Gasteiger charge is 2.05. The first-order valence-electron chi connectivity index (χ1n) is 7.17. The highest BCUT2D eigenvalue weighted by molar-refractivity contribution is 9.10. The lowest BCUT2D eigenvalue weighted by Gasteiger charge is -2.11. The van der Waals surface area contributed by atoms with Gasteiger partial charge in [-0.1, -0.05) is 27.7 Å². The zero-order valence-corrected chi connectivity index (χ0v) is 16.4. The van der Waals surface area contributed by atoms with Gasteiger partial charge in [-0.3, -0.25) is 0 Å². The lowest BCUT2D eigenvalue weighted by Crippen LogP contribution is -2.16. The maximum atomic E-state index is 5.64. The van der Waals surface area contributed by atoms with Gasteiger partial charge in [-0.25, -0.2) is 4.68 Å². The maximum absolute atomic E-state index is 5.64. The van der Waals surface area contributed by atoms with Crippen LogP contribution in [0.2, 0.25) is 0 Å². The number of aromatic nitrogens is 4. The molecule has 1 N–H and O–H groups in total. The molecule has 1 aromatic carbocycles. The van der Waals surface area contributed by atoms with Crippen LogP contribution < -0.4 is 10.1 Å². The molecule has 2 rings (SSSR count). The van der Waals surface area contributed by atoms with Gasteiger partial charge in [-0.05, 0) is 48.5 Å². The Hall–Kier alpha value is -0.830. The topological polar surface area (TPSA) is 64.9 Å². The van der Waals surface area contributed by atoms with E-state index in [2.05, 4.69) is 42.8 Å². The molecule has 1 heterocycles. The largest absolute Gasteiger partial charge is 0.494 e. The van der Waals surface area contributed by atoms with Gasteiger partial charge >= 0.3 is 0 Å². The van der Waals surface area contributed by atoms with Crippen LogP contribution in [0.1, 0.15) is 18.9 Å². The molecule has 0 unspecified atom stereocenters. The van der Waals surface area contributed by atoms with Crippen LogP contribution in [0.4, 0.5) is 0 Å². The minimum Gasteiger partial charge on any atom is -0.494 e. The minimum atomic E-state index is 0. The van der Waals surface area contributed by atoms with Gasteiger partial charge in [-0.2, -0.15) is 0 Å². The summed E-state index contributed by atoms with van der Waals surface area (Å²) in [5.74, 6) is 1.93. The predicted molar refractivity (Wildman–Crippen MR) is 98.4 cm³/mol. The van der Waals surface area contributed by atoms with E-state index in [1.807, 2.05) is 26.1 Å². The van der Waals surface area contributed by atoms with Crippen molar-refractivity contribution in [2.45, 2.75) is 25.0 Å². The number of aryl methyl sites for hydroxylation is 1. The molecular formula is C14H21BrClN5OS. The van der Waals surface area contributed by atoms with Crippen molar-refractivity contribution in [2.24, 2.45) is 7.05 Å². The van der Waals surface area contributed by atoms with Gasteiger partial charge < -0.3 is 10.1 Å². The Kier molecular flexibility index (Phi) is 9.54. The summed E-state index contributed by atoms with van der Waals surface area (Å²) in [6, 6.07) is 6.10. The average molecular weight is 423 g/mol.